The Morgan fingerprint density at radius 1 is 1.06 bits per heavy atom. The molecule has 1 aliphatic rings. The second-order valence-corrected chi connectivity index (χ2v) is 12.2. The van der Waals surface area contributed by atoms with Gasteiger partial charge in [-0.05, 0) is 54.3 Å². The van der Waals surface area contributed by atoms with Gasteiger partial charge in [0.05, 0.1) is 29.6 Å². The molecule has 0 bridgehead atoms. The Morgan fingerprint density at radius 3 is 2.64 bits per heavy atom. The first-order valence-corrected chi connectivity index (χ1v) is 14.5. The van der Waals surface area contributed by atoms with E-state index in [1.807, 2.05) is 43.3 Å². The lowest BCUT2D eigenvalue weighted by Crippen LogP contribution is -2.41. The Kier molecular flexibility index (Phi) is 6.37. The summed E-state index contributed by atoms with van der Waals surface area (Å²) in [6.07, 6.45) is 1.73. The van der Waals surface area contributed by atoms with Crippen LogP contribution in [0.1, 0.15) is 5.56 Å². The van der Waals surface area contributed by atoms with E-state index in [2.05, 4.69) is 9.71 Å². The summed E-state index contributed by atoms with van der Waals surface area (Å²) in [4.78, 5) is 4.39. The first-order chi connectivity index (χ1) is 17.2. The van der Waals surface area contributed by atoms with Gasteiger partial charge in [0.1, 0.15) is 4.90 Å². The molecule has 1 aromatic heterocycles. The largest absolute Gasteiger partial charge is 0.362 e. The van der Waals surface area contributed by atoms with Crippen LogP contribution in [-0.2, 0) is 24.8 Å². The molecule has 0 atom stereocenters. The molecule has 0 radical (unpaired) electrons. The van der Waals surface area contributed by atoms with E-state index < -0.39 is 26.0 Å². The highest BCUT2D eigenvalue weighted by Gasteiger charge is 2.28. The Bertz CT molecular complexity index is 1690. The Balaban J connectivity index is 1.48. The van der Waals surface area contributed by atoms with Crippen molar-refractivity contribution in [3.05, 3.63) is 83.5 Å². The van der Waals surface area contributed by atoms with E-state index in [-0.39, 0.29) is 28.8 Å². The van der Waals surface area contributed by atoms with Crippen molar-refractivity contribution in [2.45, 2.75) is 11.8 Å². The summed E-state index contributed by atoms with van der Waals surface area (Å²) >= 11 is 6.33. The first-order valence-electron chi connectivity index (χ1n) is 11.0. The van der Waals surface area contributed by atoms with Gasteiger partial charge < -0.3 is 4.74 Å². The third kappa shape index (κ3) is 4.64. The maximum Gasteiger partial charge on any atom is 0.263 e. The molecule has 1 N–H and O–H groups in total. The number of hydrogen-bond donors (Lipinski definition) is 1. The summed E-state index contributed by atoms with van der Waals surface area (Å²) in [6.45, 7) is 2.30. The number of nitrogens with zero attached hydrogens (tertiary/aromatic N) is 2. The molecule has 186 valence electrons. The van der Waals surface area contributed by atoms with E-state index >= 15 is 0 Å². The standard InChI is InChI=1S/C25H22ClN3O5S2/c1-17-6-7-19(14-22(17)25-21-5-3-2-4-18(21)10-11-27-25)28-36(32,33)24-9-8-20(15-23(24)26)29-12-13-34-16-35(29,30)31/h2-11,14-15,28H,12-13,16H2,1H3. The molecule has 0 unspecified atom stereocenters. The van der Waals surface area contributed by atoms with Crippen molar-refractivity contribution in [3.63, 3.8) is 0 Å². The molecule has 1 fully saturated rings. The van der Waals surface area contributed by atoms with Crippen LogP contribution < -0.4 is 9.03 Å². The van der Waals surface area contributed by atoms with Crippen molar-refractivity contribution in [1.82, 2.24) is 4.98 Å². The minimum Gasteiger partial charge on any atom is -0.362 e. The third-order valence-corrected chi connectivity index (χ3v) is 9.31. The van der Waals surface area contributed by atoms with E-state index in [9.17, 15) is 16.8 Å². The molecule has 36 heavy (non-hydrogen) atoms. The summed E-state index contributed by atoms with van der Waals surface area (Å²) in [5, 5.41) is 1.89. The van der Waals surface area contributed by atoms with E-state index in [0.29, 0.717) is 5.69 Å². The zero-order valence-electron chi connectivity index (χ0n) is 19.2. The fraction of sp³-hybridized carbons (Fsp3) is 0.160. The van der Waals surface area contributed by atoms with E-state index in [4.69, 9.17) is 16.3 Å². The van der Waals surface area contributed by atoms with Gasteiger partial charge in [-0.1, -0.05) is 41.9 Å². The number of benzene rings is 3. The third-order valence-electron chi connectivity index (χ3n) is 5.92. The summed E-state index contributed by atoms with van der Waals surface area (Å²) in [5.41, 5.74) is 3.12. The van der Waals surface area contributed by atoms with Gasteiger partial charge in [0.25, 0.3) is 20.0 Å². The van der Waals surface area contributed by atoms with Gasteiger partial charge in [0, 0.05) is 22.8 Å². The van der Waals surface area contributed by atoms with E-state index in [1.54, 1.807) is 18.3 Å². The average molecular weight is 544 g/mol. The molecule has 2 heterocycles. The van der Waals surface area contributed by atoms with Crippen molar-refractivity contribution in [2.75, 3.05) is 28.1 Å². The van der Waals surface area contributed by atoms with Gasteiger partial charge in [-0.3, -0.25) is 14.0 Å². The second-order valence-electron chi connectivity index (χ2n) is 8.34. The van der Waals surface area contributed by atoms with Crippen molar-refractivity contribution >= 4 is 53.8 Å². The fourth-order valence-corrected chi connectivity index (χ4v) is 6.98. The van der Waals surface area contributed by atoms with Crippen molar-refractivity contribution in [1.29, 1.82) is 0 Å². The molecule has 1 aliphatic heterocycles. The Labute approximate surface area is 214 Å². The molecule has 0 spiro atoms. The highest BCUT2D eigenvalue weighted by Crippen LogP contribution is 2.33. The minimum absolute atomic E-state index is 0.0928. The molecule has 5 rings (SSSR count). The molecule has 0 saturated carbocycles. The molecule has 3 aromatic carbocycles. The number of halogens is 1. The van der Waals surface area contributed by atoms with Crippen LogP contribution in [0.5, 0.6) is 0 Å². The average Bonchev–Trinajstić information content (AvgIpc) is 2.84. The lowest BCUT2D eigenvalue weighted by Gasteiger charge is -2.28. The molecular weight excluding hydrogens is 522 g/mol. The van der Waals surface area contributed by atoms with Crippen LogP contribution in [0.4, 0.5) is 11.4 Å². The summed E-state index contributed by atoms with van der Waals surface area (Å²) in [6, 6.07) is 19.1. The predicted octanol–water partition coefficient (Wildman–Crippen LogP) is 4.79. The van der Waals surface area contributed by atoms with Gasteiger partial charge in [-0.15, -0.1) is 0 Å². The highest BCUT2D eigenvalue weighted by molar-refractivity contribution is 7.93. The normalized spacial score (nSPS) is 15.7. The number of aryl methyl sites for hydroxylation is 1. The second kappa shape index (κ2) is 9.36. The van der Waals surface area contributed by atoms with Gasteiger partial charge in [0.2, 0.25) is 0 Å². The smallest absolute Gasteiger partial charge is 0.263 e. The quantitative estimate of drug-likeness (QED) is 0.388. The van der Waals surface area contributed by atoms with Crippen LogP contribution in [-0.4, -0.2) is 40.9 Å². The number of rotatable bonds is 5. The molecule has 0 amide bonds. The lowest BCUT2D eigenvalue weighted by atomic mass is 10.00. The van der Waals surface area contributed by atoms with Crippen LogP contribution in [0, 0.1) is 6.92 Å². The van der Waals surface area contributed by atoms with Crippen LogP contribution in [0.3, 0.4) is 0 Å². The van der Waals surface area contributed by atoms with Crippen LogP contribution in [0.25, 0.3) is 22.0 Å². The first kappa shape index (κ1) is 24.5. The number of hydrogen-bond acceptors (Lipinski definition) is 6. The Hall–Kier alpha value is -3.18. The van der Waals surface area contributed by atoms with Crippen molar-refractivity contribution in [2.24, 2.45) is 0 Å². The monoisotopic (exact) mass is 543 g/mol. The number of aromatic nitrogens is 1. The molecule has 11 heteroatoms. The van der Waals surface area contributed by atoms with Gasteiger partial charge in [0.15, 0.2) is 5.94 Å². The number of ether oxygens (including phenoxy) is 1. The zero-order valence-corrected chi connectivity index (χ0v) is 21.6. The number of sulfonamides is 2. The van der Waals surface area contributed by atoms with E-state index in [1.165, 1.54) is 18.2 Å². The van der Waals surface area contributed by atoms with E-state index in [0.717, 1.165) is 31.9 Å². The van der Waals surface area contributed by atoms with Crippen molar-refractivity contribution < 1.29 is 21.6 Å². The maximum absolute atomic E-state index is 13.2. The molecule has 8 nitrogen and oxygen atoms in total. The summed E-state index contributed by atoms with van der Waals surface area (Å²) in [7, 11) is -7.73. The lowest BCUT2D eigenvalue weighted by molar-refractivity contribution is 0.175. The van der Waals surface area contributed by atoms with Crippen LogP contribution >= 0.6 is 11.6 Å². The van der Waals surface area contributed by atoms with Crippen molar-refractivity contribution in [3.8, 4) is 11.3 Å². The summed E-state index contributed by atoms with van der Waals surface area (Å²) < 4.78 is 59.8. The summed E-state index contributed by atoms with van der Waals surface area (Å²) in [5.74, 6) is -0.437. The minimum atomic E-state index is -4.07. The fourth-order valence-electron chi connectivity index (χ4n) is 4.15. The Morgan fingerprint density at radius 2 is 1.86 bits per heavy atom. The SMILES string of the molecule is Cc1ccc(NS(=O)(=O)c2ccc(N3CCOCS3(=O)=O)cc2Cl)cc1-c1nccc2ccccc12. The molecule has 0 aliphatic carbocycles. The van der Waals surface area contributed by atoms with Crippen LogP contribution in [0.15, 0.2) is 77.8 Å². The highest BCUT2D eigenvalue weighted by atomic mass is 35.5. The molecule has 1 saturated heterocycles. The van der Waals surface area contributed by atoms with Gasteiger partial charge in [-0.25, -0.2) is 16.8 Å². The number of anilines is 2. The van der Waals surface area contributed by atoms with Gasteiger partial charge in [-0.2, -0.15) is 0 Å². The molecule has 4 aromatic rings. The molecular formula is C25H22ClN3O5S2. The zero-order chi connectivity index (χ0) is 25.5. The topological polar surface area (TPSA) is 106 Å². The maximum atomic E-state index is 13.2. The van der Waals surface area contributed by atoms with Crippen LogP contribution in [0.2, 0.25) is 5.02 Å². The predicted molar refractivity (Wildman–Crippen MR) is 141 cm³/mol. The number of pyridine rings is 1. The van der Waals surface area contributed by atoms with Gasteiger partial charge >= 0.3 is 0 Å². The number of fused-ring (bicyclic) bond motifs is 1. The number of nitrogens with one attached hydrogen (secondary N) is 1.